The first-order valence-corrected chi connectivity index (χ1v) is 5.83. The fourth-order valence-corrected chi connectivity index (χ4v) is 1.83. The third-order valence-corrected chi connectivity index (χ3v) is 2.75. The van der Waals surface area contributed by atoms with Crippen molar-refractivity contribution in [3.63, 3.8) is 0 Å². The molecule has 3 nitrogen and oxygen atoms in total. The van der Waals surface area contributed by atoms with E-state index in [0.29, 0.717) is 0 Å². The summed E-state index contributed by atoms with van der Waals surface area (Å²) in [4.78, 5) is 12.6. The smallest absolute Gasteiger partial charge is 0.209 e. The predicted molar refractivity (Wildman–Crippen MR) is 58.2 cm³/mol. The van der Waals surface area contributed by atoms with Crippen LogP contribution in [0.4, 0.5) is 0 Å². The van der Waals surface area contributed by atoms with Crippen LogP contribution in [0.15, 0.2) is 0 Å². The van der Waals surface area contributed by atoms with Crippen LogP contribution in [0, 0.1) is 0 Å². The van der Waals surface area contributed by atoms with E-state index in [9.17, 15) is 4.79 Å². The van der Waals surface area contributed by atoms with Crippen LogP contribution in [0.5, 0.6) is 0 Å². The zero-order valence-corrected chi connectivity index (χ0v) is 9.00. The average molecular weight is 198 g/mol. The summed E-state index contributed by atoms with van der Waals surface area (Å²) in [6.07, 6.45) is 8.26. The van der Waals surface area contributed by atoms with Crippen LogP contribution in [0.25, 0.3) is 0 Å². The molecule has 0 radical (unpaired) electrons. The van der Waals surface area contributed by atoms with Crippen molar-refractivity contribution in [2.45, 2.75) is 38.5 Å². The van der Waals surface area contributed by atoms with E-state index in [1.807, 2.05) is 4.90 Å². The Morgan fingerprint density at radius 3 is 1.93 bits per heavy atom. The average Bonchev–Trinajstić information content (AvgIpc) is 2.19. The molecule has 0 saturated carbocycles. The third kappa shape index (κ3) is 5.22. The molecule has 1 saturated heterocycles. The van der Waals surface area contributed by atoms with Crippen molar-refractivity contribution in [2.75, 3.05) is 26.2 Å². The van der Waals surface area contributed by atoms with E-state index in [1.165, 1.54) is 25.7 Å². The minimum Gasteiger partial charge on any atom is -0.345 e. The maximum absolute atomic E-state index is 10.7. The van der Waals surface area contributed by atoms with Gasteiger partial charge in [-0.2, -0.15) is 0 Å². The van der Waals surface area contributed by atoms with Crippen molar-refractivity contribution in [3.8, 4) is 0 Å². The minimum absolute atomic E-state index is 0.948. The lowest BCUT2D eigenvalue weighted by Crippen LogP contribution is -2.25. The van der Waals surface area contributed by atoms with Crippen LogP contribution in [0.2, 0.25) is 0 Å². The van der Waals surface area contributed by atoms with Gasteiger partial charge in [0.2, 0.25) is 6.41 Å². The molecule has 1 fully saturated rings. The monoisotopic (exact) mass is 198 g/mol. The van der Waals surface area contributed by atoms with Crippen molar-refractivity contribution in [1.29, 1.82) is 0 Å². The van der Waals surface area contributed by atoms with E-state index < -0.39 is 0 Å². The van der Waals surface area contributed by atoms with Gasteiger partial charge in [-0.25, -0.2) is 0 Å². The number of hydrogen-bond acceptors (Lipinski definition) is 2. The molecule has 1 aliphatic heterocycles. The van der Waals surface area contributed by atoms with Crippen molar-refractivity contribution >= 4 is 6.41 Å². The largest absolute Gasteiger partial charge is 0.345 e. The van der Waals surface area contributed by atoms with E-state index in [-0.39, 0.29) is 0 Å². The van der Waals surface area contributed by atoms with Gasteiger partial charge >= 0.3 is 0 Å². The molecule has 0 aromatic carbocycles. The topological polar surface area (TPSA) is 32.3 Å². The summed E-state index contributed by atoms with van der Waals surface area (Å²) in [6, 6.07) is 0. The molecule has 0 unspecified atom stereocenters. The summed E-state index contributed by atoms with van der Waals surface area (Å²) in [5.41, 5.74) is 0. The van der Waals surface area contributed by atoms with Gasteiger partial charge in [0.1, 0.15) is 0 Å². The van der Waals surface area contributed by atoms with Crippen molar-refractivity contribution in [1.82, 2.24) is 10.2 Å². The number of rotatable bonds is 1. The summed E-state index contributed by atoms with van der Waals surface area (Å²) in [5.74, 6) is 0. The van der Waals surface area contributed by atoms with Gasteiger partial charge in [-0.1, -0.05) is 12.8 Å². The van der Waals surface area contributed by atoms with E-state index in [1.54, 1.807) is 0 Å². The molecule has 0 aromatic rings. The Hall–Kier alpha value is -0.570. The first-order valence-electron chi connectivity index (χ1n) is 5.83. The second-order valence-electron chi connectivity index (χ2n) is 4.01. The molecule has 1 amide bonds. The Morgan fingerprint density at radius 2 is 1.43 bits per heavy atom. The Bertz CT molecular complexity index is 138. The summed E-state index contributed by atoms with van der Waals surface area (Å²) in [6.45, 7) is 4.18. The maximum atomic E-state index is 10.7. The minimum atomic E-state index is 0.948. The number of carbonyl (C=O) groups is 1. The molecule has 1 heterocycles. The highest BCUT2D eigenvalue weighted by atomic mass is 16.1. The Labute approximate surface area is 86.9 Å². The molecule has 1 N–H and O–H groups in total. The van der Waals surface area contributed by atoms with Crippen molar-refractivity contribution in [3.05, 3.63) is 0 Å². The number of nitrogens with one attached hydrogen (secondary N) is 1. The standard InChI is InChI=1S/C11H22N2O/c14-11-13-9-5-1-3-7-12-8-4-2-6-10-13/h11-12H,1-10H2. The zero-order chi connectivity index (χ0) is 10.1. The van der Waals surface area contributed by atoms with Crippen LogP contribution < -0.4 is 5.32 Å². The fourth-order valence-electron chi connectivity index (χ4n) is 1.83. The van der Waals surface area contributed by atoms with E-state index in [0.717, 1.165) is 45.4 Å². The Kier molecular flexibility index (Phi) is 6.41. The molecule has 14 heavy (non-hydrogen) atoms. The third-order valence-electron chi connectivity index (χ3n) is 2.75. The molecule has 82 valence electrons. The highest BCUT2D eigenvalue weighted by Crippen LogP contribution is 2.02. The highest BCUT2D eigenvalue weighted by Gasteiger charge is 2.02. The molecule has 0 aromatic heterocycles. The molecule has 0 bridgehead atoms. The van der Waals surface area contributed by atoms with Crippen molar-refractivity contribution in [2.24, 2.45) is 0 Å². The summed E-state index contributed by atoms with van der Waals surface area (Å²) < 4.78 is 0. The highest BCUT2D eigenvalue weighted by molar-refractivity contribution is 5.46. The van der Waals surface area contributed by atoms with Gasteiger partial charge < -0.3 is 10.2 Å². The van der Waals surface area contributed by atoms with Crippen LogP contribution >= 0.6 is 0 Å². The summed E-state index contributed by atoms with van der Waals surface area (Å²) in [7, 11) is 0. The van der Waals surface area contributed by atoms with Gasteiger partial charge in [0.15, 0.2) is 0 Å². The molecule has 1 aliphatic rings. The lowest BCUT2D eigenvalue weighted by Gasteiger charge is -2.18. The van der Waals surface area contributed by atoms with E-state index in [2.05, 4.69) is 5.32 Å². The SMILES string of the molecule is O=CN1CCCCCNCCCCC1. The van der Waals surface area contributed by atoms with Crippen LogP contribution in [-0.2, 0) is 4.79 Å². The van der Waals surface area contributed by atoms with Crippen molar-refractivity contribution < 1.29 is 4.79 Å². The van der Waals surface area contributed by atoms with E-state index in [4.69, 9.17) is 0 Å². The Morgan fingerprint density at radius 1 is 0.857 bits per heavy atom. The zero-order valence-electron chi connectivity index (χ0n) is 9.00. The number of amides is 1. The summed E-state index contributed by atoms with van der Waals surface area (Å²) >= 11 is 0. The molecule has 1 rings (SSSR count). The second kappa shape index (κ2) is 7.80. The predicted octanol–water partition coefficient (Wildman–Crippen LogP) is 1.39. The second-order valence-corrected chi connectivity index (χ2v) is 4.01. The quantitative estimate of drug-likeness (QED) is 0.646. The van der Waals surface area contributed by atoms with Crippen LogP contribution in [0.3, 0.4) is 0 Å². The number of nitrogens with zero attached hydrogens (tertiary/aromatic N) is 1. The van der Waals surface area contributed by atoms with Gasteiger partial charge in [0, 0.05) is 13.1 Å². The van der Waals surface area contributed by atoms with E-state index >= 15 is 0 Å². The molecule has 0 atom stereocenters. The first kappa shape index (κ1) is 11.5. The molecular formula is C11H22N2O. The maximum Gasteiger partial charge on any atom is 0.209 e. The first-order chi connectivity index (χ1) is 6.93. The lowest BCUT2D eigenvalue weighted by atomic mass is 10.2. The lowest BCUT2D eigenvalue weighted by molar-refractivity contribution is -0.118. The normalized spacial score (nSPS) is 22.1. The fraction of sp³-hybridized carbons (Fsp3) is 0.909. The van der Waals surface area contributed by atoms with Gasteiger partial charge in [-0.15, -0.1) is 0 Å². The molecule has 0 spiro atoms. The number of carbonyl (C=O) groups excluding carboxylic acids is 1. The van der Waals surface area contributed by atoms with Crippen LogP contribution in [-0.4, -0.2) is 37.5 Å². The number of hydrogen-bond donors (Lipinski definition) is 1. The Balaban J connectivity index is 2.20. The van der Waals surface area contributed by atoms with Gasteiger partial charge in [-0.3, -0.25) is 4.79 Å². The van der Waals surface area contributed by atoms with Gasteiger partial charge in [-0.05, 0) is 38.8 Å². The molecule has 3 heteroatoms. The van der Waals surface area contributed by atoms with Crippen LogP contribution in [0.1, 0.15) is 38.5 Å². The summed E-state index contributed by atoms with van der Waals surface area (Å²) in [5, 5.41) is 3.45. The molecular weight excluding hydrogens is 176 g/mol. The van der Waals surface area contributed by atoms with Gasteiger partial charge in [0.25, 0.3) is 0 Å². The molecule has 0 aliphatic carbocycles. The van der Waals surface area contributed by atoms with Gasteiger partial charge in [0.05, 0.1) is 0 Å².